The number of anilines is 1. The average molecular weight is 389 g/mol. The van der Waals surface area contributed by atoms with Gasteiger partial charge in [-0.3, -0.25) is 9.69 Å². The number of hydrogen-bond acceptors (Lipinski definition) is 7. The number of methoxy groups -OCH3 is 1. The van der Waals surface area contributed by atoms with Crippen LogP contribution in [-0.2, 0) is 20.7 Å². The molecule has 0 spiro atoms. The van der Waals surface area contributed by atoms with E-state index < -0.39 is 0 Å². The molecule has 2 aliphatic rings. The van der Waals surface area contributed by atoms with E-state index in [9.17, 15) is 4.79 Å². The van der Waals surface area contributed by atoms with Crippen LogP contribution in [0.25, 0.3) is 0 Å². The summed E-state index contributed by atoms with van der Waals surface area (Å²) in [4.78, 5) is 24.6. The molecular weight excluding hydrogens is 367 g/mol. The molecule has 0 aromatic carbocycles. The number of carbonyl (C=O) groups excluding carboxylic acids is 1. The normalized spacial score (nSPS) is 20.6. The molecule has 7 nitrogen and oxygen atoms in total. The number of rotatable bonds is 6. The van der Waals surface area contributed by atoms with Gasteiger partial charge in [0.1, 0.15) is 11.0 Å². The van der Waals surface area contributed by atoms with Gasteiger partial charge in [-0.25, -0.2) is 9.97 Å². The molecule has 0 N–H and O–H groups in total. The average Bonchev–Trinajstić information content (AvgIpc) is 2.94. The zero-order chi connectivity index (χ0) is 17.8. The predicted molar refractivity (Wildman–Crippen MR) is 95.4 cm³/mol. The molecule has 1 aromatic heterocycles. The van der Waals surface area contributed by atoms with Gasteiger partial charge in [0, 0.05) is 44.2 Å². The Morgan fingerprint density at radius 2 is 2.04 bits per heavy atom. The Kier molecular flexibility index (Phi) is 6.33. The van der Waals surface area contributed by atoms with Crippen molar-refractivity contribution < 1.29 is 14.3 Å². The van der Waals surface area contributed by atoms with Crippen LogP contribution >= 0.6 is 23.2 Å². The van der Waals surface area contributed by atoms with Crippen LogP contribution in [0.15, 0.2) is 0 Å². The summed E-state index contributed by atoms with van der Waals surface area (Å²) in [6.45, 7) is 5.25. The van der Waals surface area contributed by atoms with Crippen molar-refractivity contribution in [3.63, 3.8) is 0 Å². The van der Waals surface area contributed by atoms with Crippen molar-refractivity contribution in [2.75, 3.05) is 51.4 Å². The molecule has 1 fully saturated rings. The van der Waals surface area contributed by atoms with Gasteiger partial charge >= 0.3 is 5.97 Å². The van der Waals surface area contributed by atoms with Gasteiger partial charge in [0.25, 0.3) is 0 Å². The van der Waals surface area contributed by atoms with Crippen LogP contribution in [0.3, 0.4) is 0 Å². The Balaban J connectivity index is 1.69. The van der Waals surface area contributed by atoms with Crippen LogP contribution in [0.5, 0.6) is 0 Å². The number of halogens is 2. The summed E-state index contributed by atoms with van der Waals surface area (Å²) >= 11 is 12.2. The zero-order valence-electron chi connectivity index (χ0n) is 14.2. The highest BCUT2D eigenvalue weighted by Gasteiger charge is 2.34. The third kappa shape index (κ3) is 4.53. The van der Waals surface area contributed by atoms with Crippen LogP contribution in [0.1, 0.15) is 18.4 Å². The molecule has 1 saturated heterocycles. The highest BCUT2D eigenvalue weighted by Crippen LogP contribution is 2.36. The van der Waals surface area contributed by atoms with Gasteiger partial charge in [-0.05, 0) is 18.0 Å². The minimum atomic E-state index is -0.244. The van der Waals surface area contributed by atoms with Gasteiger partial charge in [0.2, 0.25) is 5.28 Å². The van der Waals surface area contributed by atoms with Crippen LogP contribution < -0.4 is 4.90 Å². The lowest BCUT2D eigenvalue weighted by molar-refractivity contribution is -0.141. The highest BCUT2D eigenvalue weighted by atomic mass is 35.5. The second kappa shape index (κ2) is 8.49. The van der Waals surface area contributed by atoms with Gasteiger partial charge in [-0.2, -0.15) is 0 Å². The van der Waals surface area contributed by atoms with E-state index in [0.29, 0.717) is 18.0 Å². The smallest absolute Gasteiger partial charge is 0.307 e. The maximum atomic E-state index is 11.8. The van der Waals surface area contributed by atoms with E-state index in [2.05, 4.69) is 19.8 Å². The lowest BCUT2D eigenvalue weighted by Gasteiger charge is -2.29. The summed E-state index contributed by atoms with van der Waals surface area (Å²) in [5, 5.41) is 0.487. The molecule has 25 heavy (non-hydrogen) atoms. The van der Waals surface area contributed by atoms with Crippen molar-refractivity contribution in [2.24, 2.45) is 0 Å². The minimum absolute atomic E-state index is 0.0302. The Bertz CT molecular complexity index is 626. The molecule has 138 valence electrons. The van der Waals surface area contributed by atoms with Crippen molar-refractivity contribution in [1.82, 2.24) is 14.9 Å². The lowest BCUT2D eigenvalue weighted by atomic mass is 10.1. The Morgan fingerprint density at radius 1 is 1.28 bits per heavy atom. The minimum Gasteiger partial charge on any atom is -0.469 e. The molecule has 0 bridgehead atoms. The molecule has 1 aromatic rings. The maximum absolute atomic E-state index is 11.8. The molecule has 9 heteroatoms. The van der Waals surface area contributed by atoms with Crippen molar-refractivity contribution in [3.05, 3.63) is 16.0 Å². The Morgan fingerprint density at radius 3 is 2.76 bits per heavy atom. The first-order valence-corrected chi connectivity index (χ1v) is 9.19. The number of carbonyl (C=O) groups is 1. The largest absolute Gasteiger partial charge is 0.469 e. The number of nitrogens with zero attached hydrogens (tertiary/aromatic N) is 4. The number of fused-ring (bicyclic) bond motifs is 1. The Hall–Kier alpha value is -1.15. The monoisotopic (exact) mass is 388 g/mol. The first-order chi connectivity index (χ1) is 12.1. The fraction of sp³-hybridized carbons (Fsp3) is 0.688. The second-order valence-corrected chi connectivity index (χ2v) is 6.92. The van der Waals surface area contributed by atoms with Crippen molar-refractivity contribution >= 4 is 35.0 Å². The highest BCUT2D eigenvalue weighted by molar-refractivity contribution is 6.32. The van der Waals surface area contributed by atoms with Gasteiger partial charge in [-0.1, -0.05) is 11.6 Å². The van der Waals surface area contributed by atoms with Gasteiger partial charge in [0.15, 0.2) is 0 Å². The summed E-state index contributed by atoms with van der Waals surface area (Å²) in [5.41, 5.74) is 0.853. The molecule has 1 unspecified atom stereocenters. The van der Waals surface area contributed by atoms with Crippen LogP contribution in [-0.4, -0.2) is 73.4 Å². The third-order valence-electron chi connectivity index (χ3n) is 4.67. The molecule has 3 heterocycles. The summed E-state index contributed by atoms with van der Waals surface area (Å²) in [5.74, 6) is 0.493. The van der Waals surface area contributed by atoms with Gasteiger partial charge < -0.3 is 14.4 Å². The number of esters is 1. The van der Waals surface area contributed by atoms with Crippen molar-refractivity contribution in [1.29, 1.82) is 0 Å². The maximum Gasteiger partial charge on any atom is 0.307 e. The quantitative estimate of drug-likeness (QED) is 0.418. The zero-order valence-corrected chi connectivity index (χ0v) is 15.7. The number of aromatic nitrogens is 2. The van der Waals surface area contributed by atoms with Crippen LogP contribution in [0.2, 0.25) is 10.4 Å². The molecule has 3 rings (SSSR count). The second-order valence-electron chi connectivity index (χ2n) is 6.22. The molecule has 0 saturated carbocycles. The number of ether oxygens (including phenoxy) is 2. The summed E-state index contributed by atoms with van der Waals surface area (Å²) in [6, 6.07) is -0.0302. The SMILES string of the molecule is COC(=O)CC1Cc2c(Cl)nc(Cl)nc2N1CCCN1CCOCC1. The van der Waals surface area contributed by atoms with E-state index in [1.54, 1.807) is 0 Å². The Labute approximate surface area is 157 Å². The number of hydrogen-bond donors (Lipinski definition) is 0. The van der Waals surface area contributed by atoms with E-state index in [4.69, 9.17) is 32.7 Å². The molecular formula is C16H22Cl2N4O3. The first-order valence-electron chi connectivity index (χ1n) is 8.44. The molecule has 0 amide bonds. The molecule has 2 aliphatic heterocycles. The van der Waals surface area contributed by atoms with Crippen LogP contribution in [0.4, 0.5) is 5.82 Å². The lowest BCUT2D eigenvalue weighted by Crippen LogP contribution is -2.40. The fourth-order valence-corrected chi connectivity index (χ4v) is 3.84. The van der Waals surface area contributed by atoms with E-state index in [-0.39, 0.29) is 17.3 Å². The van der Waals surface area contributed by atoms with Gasteiger partial charge in [0.05, 0.1) is 26.7 Å². The van der Waals surface area contributed by atoms with Crippen molar-refractivity contribution in [3.8, 4) is 0 Å². The van der Waals surface area contributed by atoms with E-state index in [1.807, 2.05) is 0 Å². The molecule has 0 aliphatic carbocycles. The summed E-state index contributed by atoms with van der Waals surface area (Å²) in [7, 11) is 1.40. The third-order valence-corrected chi connectivity index (χ3v) is 5.15. The van der Waals surface area contributed by atoms with Crippen LogP contribution in [0, 0.1) is 0 Å². The summed E-state index contributed by atoms with van der Waals surface area (Å²) in [6.07, 6.45) is 1.87. The fourth-order valence-electron chi connectivity index (χ4n) is 3.39. The van der Waals surface area contributed by atoms with E-state index in [1.165, 1.54) is 7.11 Å². The standard InChI is InChI=1S/C16H22Cl2N4O3/c1-24-13(23)10-11-9-12-14(17)19-16(18)20-15(12)22(11)4-2-3-21-5-7-25-8-6-21/h11H,2-10H2,1H3. The predicted octanol–water partition coefficient (Wildman–Crippen LogP) is 1.80. The van der Waals surface area contributed by atoms with E-state index in [0.717, 1.165) is 57.2 Å². The van der Waals surface area contributed by atoms with Crippen molar-refractivity contribution in [2.45, 2.75) is 25.3 Å². The molecule has 1 atom stereocenters. The topological polar surface area (TPSA) is 67.8 Å². The van der Waals surface area contributed by atoms with E-state index >= 15 is 0 Å². The van der Waals surface area contributed by atoms with Gasteiger partial charge in [-0.15, -0.1) is 0 Å². The first kappa shape index (κ1) is 18.6. The molecule has 0 radical (unpaired) electrons. The number of morpholine rings is 1. The summed E-state index contributed by atoms with van der Waals surface area (Å²) < 4.78 is 10.2.